The van der Waals surface area contributed by atoms with Crippen LogP contribution in [0.5, 0.6) is 0 Å². The van der Waals surface area contributed by atoms with Gasteiger partial charge in [0, 0.05) is 0 Å². The van der Waals surface area contributed by atoms with Gasteiger partial charge in [0.05, 0.1) is 14.9 Å². The van der Waals surface area contributed by atoms with Crippen molar-refractivity contribution in [3.63, 3.8) is 0 Å². The topological polar surface area (TPSA) is 106 Å². The van der Waals surface area contributed by atoms with Gasteiger partial charge < -0.3 is 4.79 Å². The fourth-order valence-electron chi connectivity index (χ4n) is 0. The Morgan fingerprint density at radius 3 is 1.33 bits per heavy atom. The van der Waals surface area contributed by atoms with Crippen LogP contribution in [0, 0.1) is 10.2 Å². The van der Waals surface area contributed by atoms with Gasteiger partial charge >= 0.3 is 0 Å². The molecule has 0 atom stereocenters. The summed E-state index contributed by atoms with van der Waals surface area (Å²) in [4.78, 5) is 9.44. The van der Waals surface area contributed by atoms with Crippen molar-refractivity contribution < 1.29 is 33.7 Å². The molecule has 0 saturated heterocycles. The summed E-state index contributed by atoms with van der Waals surface area (Å²) >= 11 is 0. The molecular weight excluding hydrogens is 151 g/mol. The molecule has 0 unspecified atom stereocenters. The molecule has 0 aliphatic heterocycles. The summed E-state index contributed by atoms with van der Waals surface area (Å²) in [5.74, 6) is 0.167. The number of carbonyl (C=O) groups excluding carboxylic acids is 1. The Bertz CT molecular complexity index is 74.7. The highest BCUT2D eigenvalue weighted by atomic mass is 35.7. The lowest BCUT2D eigenvalue weighted by Crippen LogP contribution is -2.58. The molecule has 0 heterocycles. The summed E-state index contributed by atoms with van der Waals surface area (Å²) in [6, 6.07) is 0. The zero-order valence-corrected chi connectivity index (χ0v) is 5.71. The predicted octanol–water partition coefficient (Wildman–Crippen LogP) is -3.53. The first-order chi connectivity index (χ1) is 3.73. The lowest BCUT2D eigenvalue weighted by Gasteiger charge is -2.03. The van der Waals surface area contributed by atoms with Crippen LogP contribution >= 0.6 is 0 Å². The summed E-state index contributed by atoms with van der Waals surface area (Å²) in [7, 11) is -4.69. The van der Waals surface area contributed by atoms with Gasteiger partial charge in [-0.3, -0.25) is 0 Å². The van der Waals surface area contributed by atoms with Gasteiger partial charge in [-0.2, -0.15) is 14.0 Å². The van der Waals surface area contributed by atoms with E-state index in [1.165, 1.54) is 13.8 Å². The van der Waals surface area contributed by atoms with E-state index in [4.69, 9.17) is 18.6 Å². The van der Waals surface area contributed by atoms with E-state index in [1.54, 1.807) is 0 Å². The van der Waals surface area contributed by atoms with Crippen LogP contribution in [0.4, 0.5) is 0 Å². The van der Waals surface area contributed by atoms with Gasteiger partial charge in [-0.15, -0.1) is 0 Å². The highest BCUT2D eigenvalue weighted by molar-refractivity contribution is 5.72. The Morgan fingerprint density at radius 2 is 1.33 bits per heavy atom. The van der Waals surface area contributed by atoms with Gasteiger partial charge in [0.25, 0.3) is 0 Å². The molecule has 0 aromatic carbocycles. The van der Waals surface area contributed by atoms with Crippen molar-refractivity contribution in [2.45, 2.75) is 13.8 Å². The molecule has 0 rings (SSSR count). The van der Waals surface area contributed by atoms with Gasteiger partial charge in [-0.1, -0.05) is 0 Å². The van der Waals surface area contributed by atoms with E-state index in [-0.39, 0.29) is 5.78 Å². The van der Waals surface area contributed by atoms with Crippen LogP contribution in [-0.2, 0) is 4.79 Å². The van der Waals surface area contributed by atoms with Crippen molar-refractivity contribution in [3.8, 4) is 0 Å². The third-order valence-electron chi connectivity index (χ3n) is 0. The summed E-state index contributed by atoms with van der Waals surface area (Å²) in [6.45, 7) is 3.06. The van der Waals surface area contributed by atoms with E-state index in [9.17, 15) is 4.79 Å². The zero-order chi connectivity index (χ0) is 8.08. The standard InChI is InChI=1S/C3H6O.ClHO4/c1-3(2)4;2-1(3,4)5/h1-2H3;(H,2,3,4,5). The average molecular weight is 159 g/mol. The monoisotopic (exact) mass is 158 g/mol. The van der Waals surface area contributed by atoms with E-state index >= 15 is 0 Å². The molecule has 6 heteroatoms. The first-order valence-corrected chi connectivity index (χ1v) is 3.10. The van der Waals surface area contributed by atoms with Crippen LogP contribution in [0.25, 0.3) is 0 Å². The van der Waals surface area contributed by atoms with Crippen molar-refractivity contribution in [1.29, 1.82) is 0 Å². The zero-order valence-electron chi connectivity index (χ0n) is 4.96. The SMILES string of the molecule is CC(C)=O.[O-][Cl+3]([O-])([O-])O. The molecule has 0 spiro atoms. The minimum Gasteiger partial charge on any atom is -0.300 e. The Morgan fingerprint density at radius 1 is 1.33 bits per heavy atom. The second-order valence-corrected chi connectivity index (χ2v) is 2.10. The van der Waals surface area contributed by atoms with Crippen molar-refractivity contribution in [2.24, 2.45) is 0 Å². The van der Waals surface area contributed by atoms with E-state index in [2.05, 4.69) is 0 Å². The molecule has 0 amide bonds. The van der Waals surface area contributed by atoms with Crippen LogP contribution in [0.1, 0.15) is 13.8 Å². The molecule has 0 fully saturated rings. The van der Waals surface area contributed by atoms with Crippen LogP contribution in [0.3, 0.4) is 0 Å². The summed E-state index contributed by atoms with van der Waals surface area (Å²) in [5, 5.41) is 0. The number of hydrogen-bond donors (Lipinski definition) is 1. The molecule has 9 heavy (non-hydrogen) atoms. The minimum atomic E-state index is -4.69. The molecule has 0 radical (unpaired) electrons. The van der Waals surface area contributed by atoms with Gasteiger partial charge in [-0.05, 0) is 13.8 Å². The molecule has 1 N–H and O–H groups in total. The third-order valence-corrected chi connectivity index (χ3v) is 0. The molecule has 0 bridgehead atoms. The third kappa shape index (κ3) is 6560. The van der Waals surface area contributed by atoms with E-state index in [0.717, 1.165) is 0 Å². The quantitative estimate of drug-likeness (QED) is 0.393. The van der Waals surface area contributed by atoms with Crippen molar-refractivity contribution in [3.05, 3.63) is 0 Å². The number of rotatable bonds is 0. The fraction of sp³-hybridized carbons (Fsp3) is 0.667. The lowest BCUT2D eigenvalue weighted by atomic mass is 10.6. The van der Waals surface area contributed by atoms with Crippen molar-refractivity contribution >= 4 is 5.78 Å². The van der Waals surface area contributed by atoms with Crippen LogP contribution in [-0.4, -0.2) is 10.4 Å². The molecule has 0 aliphatic carbocycles. The number of hydrogen-bond acceptors (Lipinski definition) is 5. The first-order valence-electron chi connectivity index (χ1n) is 1.84. The number of halogens is 1. The normalized spacial score (nSPS) is 9.56. The molecule has 5 nitrogen and oxygen atoms in total. The maximum atomic E-state index is 9.44. The molecule has 0 aromatic heterocycles. The van der Waals surface area contributed by atoms with Crippen LogP contribution in [0.15, 0.2) is 0 Å². The Hall–Kier alpha value is -0.200. The second-order valence-electron chi connectivity index (χ2n) is 1.30. The molecule has 0 aromatic rings. The predicted molar refractivity (Wildman–Crippen MR) is 18.6 cm³/mol. The molecule has 56 valence electrons. The summed E-state index contributed by atoms with van der Waals surface area (Å²) in [5.41, 5.74) is 0. The largest absolute Gasteiger partial charge is 0.300 e. The maximum Gasteiger partial charge on any atom is 0.126 e. The van der Waals surface area contributed by atoms with Gasteiger partial charge in [0.2, 0.25) is 0 Å². The second kappa shape index (κ2) is 4.66. The fourth-order valence-corrected chi connectivity index (χ4v) is 0. The van der Waals surface area contributed by atoms with E-state index in [0.29, 0.717) is 0 Å². The van der Waals surface area contributed by atoms with Gasteiger partial charge in [0.1, 0.15) is 5.78 Å². The Kier molecular flexibility index (Phi) is 5.99. The lowest BCUT2D eigenvalue weighted by molar-refractivity contribution is -1.92. The van der Waals surface area contributed by atoms with E-state index < -0.39 is 10.2 Å². The Balaban J connectivity index is 0. The molecular formula is C3H7ClO5. The summed E-state index contributed by atoms with van der Waals surface area (Å²) in [6.07, 6.45) is 0. The van der Waals surface area contributed by atoms with Crippen molar-refractivity contribution in [1.82, 2.24) is 0 Å². The smallest absolute Gasteiger partial charge is 0.126 e. The Labute approximate surface area is 54.3 Å². The van der Waals surface area contributed by atoms with Crippen molar-refractivity contribution in [2.75, 3.05) is 0 Å². The minimum absolute atomic E-state index is 0.167. The van der Waals surface area contributed by atoms with Crippen LogP contribution < -0.4 is 14.0 Å². The van der Waals surface area contributed by atoms with E-state index in [1.807, 2.05) is 0 Å². The van der Waals surface area contributed by atoms with Gasteiger partial charge in [0.15, 0.2) is 0 Å². The van der Waals surface area contributed by atoms with Crippen LogP contribution in [0.2, 0.25) is 0 Å². The highest BCUT2D eigenvalue weighted by Gasteiger charge is 1.98. The van der Waals surface area contributed by atoms with Gasteiger partial charge in [-0.25, -0.2) is 0 Å². The summed E-state index contributed by atoms with van der Waals surface area (Å²) < 4.78 is 32.7. The number of carbonyl (C=O) groups is 1. The highest BCUT2D eigenvalue weighted by Crippen LogP contribution is 1.60. The maximum absolute atomic E-state index is 9.44. The molecule has 0 saturated carbocycles. The molecule has 0 aliphatic rings. The first kappa shape index (κ1) is 11.6. The number of Topliss-reactive ketones (excluding diaryl/α,β-unsaturated/α-hetero) is 1. The number of ketones is 1. The average Bonchev–Trinajstić information content (AvgIpc) is 1.19.